The fourth-order valence-corrected chi connectivity index (χ4v) is 8.11. The molecule has 0 amide bonds. The molecule has 47 heavy (non-hydrogen) atoms. The van der Waals surface area contributed by atoms with Crippen molar-refractivity contribution in [3.05, 3.63) is 203 Å². The van der Waals surface area contributed by atoms with Crippen LogP contribution in [0.5, 0.6) is 0 Å². The Morgan fingerprint density at radius 2 is 0.979 bits per heavy atom. The van der Waals surface area contributed by atoms with Gasteiger partial charge in [-0.05, 0) is 101 Å². The van der Waals surface area contributed by atoms with Crippen LogP contribution in [0.15, 0.2) is 176 Å². The van der Waals surface area contributed by atoms with Crippen LogP contribution in [0.4, 0.5) is 0 Å². The van der Waals surface area contributed by atoms with Crippen molar-refractivity contribution in [1.29, 1.82) is 0 Å². The van der Waals surface area contributed by atoms with Crippen LogP contribution in [-0.2, 0) is 0 Å². The standard InChI is InChI=1S/C46H31Cl/c47-34-24-26-36(43(29-34)42-27-32-17-7-8-18-35(32)37-19-9-10-21-39(37)42)33-23-25-40-38-20-11-12-22-41(38)46(44(40)28-33)45(30-13-3-1-4-14-30)31-15-5-2-6-16-31/h1-29,45-46H. The van der Waals surface area contributed by atoms with Crippen LogP contribution >= 0.6 is 11.6 Å². The number of hydrogen-bond donors (Lipinski definition) is 0. The minimum atomic E-state index is 0.170. The van der Waals surface area contributed by atoms with Gasteiger partial charge in [0.25, 0.3) is 0 Å². The van der Waals surface area contributed by atoms with E-state index in [0.717, 1.165) is 10.6 Å². The molecule has 0 saturated heterocycles. The van der Waals surface area contributed by atoms with Gasteiger partial charge in [0.15, 0.2) is 0 Å². The van der Waals surface area contributed by atoms with Crippen LogP contribution in [0, 0.1) is 0 Å². The van der Waals surface area contributed by atoms with Gasteiger partial charge in [-0.2, -0.15) is 0 Å². The Labute approximate surface area is 280 Å². The summed E-state index contributed by atoms with van der Waals surface area (Å²) in [6, 6.07) is 64.2. The van der Waals surface area contributed by atoms with Crippen molar-refractivity contribution in [3.8, 4) is 33.4 Å². The van der Waals surface area contributed by atoms with Gasteiger partial charge in [-0.1, -0.05) is 163 Å². The largest absolute Gasteiger partial charge is 0.0843 e. The zero-order valence-corrected chi connectivity index (χ0v) is 26.5. The normalized spacial score (nSPS) is 13.6. The molecule has 8 aromatic rings. The van der Waals surface area contributed by atoms with Gasteiger partial charge < -0.3 is 0 Å². The van der Waals surface area contributed by atoms with Gasteiger partial charge in [-0.25, -0.2) is 0 Å². The van der Waals surface area contributed by atoms with Gasteiger partial charge in [-0.3, -0.25) is 0 Å². The molecule has 0 aromatic heterocycles. The molecule has 0 spiro atoms. The summed E-state index contributed by atoms with van der Waals surface area (Å²) in [6.45, 7) is 0. The molecule has 0 fully saturated rings. The zero-order chi connectivity index (χ0) is 31.3. The summed E-state index contributed by atoms with van der Waals surface area (Å²) in [7, 11) is 0. The smallest absolute Gasteiger partial charge is 0.0412 e. The van der Waals surface area contributed by atoms with E-state index in [-0.39, 0.29) is 11.8 Å². The predicted octanol–water partition coefficient (Wildman–Crippen LogP) is 12.9. The molecule has 0 saturated carbocycles. The quantitative estimate of drug-likeness (QED) is 0.168. The molecule has 0 N–H and O–H groups in total. The molecule has 1 unspecified atom stereocenters. The lowest BCUT2D eigenvalue weighted by molar-refractivity contribution is 0.708. The second-order valence-corrected chi connectivity index (χ2v) is 13.0. The van der Waals surface area contributed by atoms with E-state index in [2.05, 4.69) is 170 Å². The van der Waals surface area contributed by atoms with Gasteiger partial charge in [0, 0.05) is 16.9 Å². The van der Waals surface area contributed by atoms with Gasteiger partial charge >= 0.3 is 0 Å². The Hall–Kier alpha value is -5.43. The summed E-state index contributed by atoms with van der Waals surface area (Å²) in [5.41, 5.74) is 12.8. The molecule has 222 valence electrons. The fourth-order valence-electron chi connectivity index (χ4n) is 7.94. The summed E-state index contributed by atoms with van der Waals surface area (Å²) in [5, 5.41) is 5.71. The molecule has 9 rings (SSSR count). The second kappa shape index (κ2) is 11.4. The lowest BCUT2D eigenvalue weighted by Gasteiger charge is -2.27. The molecule has 0 heterocycles. The lowest BCUT2D eigenvalue weighted by Crippen LogP contribution is -2.12. The van der Waals surface area contributed by atoms with Crippen molar-refractivity contribution >= 4 is 33.1 Å². The van der Waals surface area contributed by atoms with Crippen molar-refractivity contribution in [2.24, 2.45) is 0 Å². The number of benzene rings is 8. The highest BCUT2D eigenvalue weighted by Gasteiger charge is 2.36. The summed E-state index contributed by atoms with van der Waals surface area (Å²) >= 11 is 6.78. The first-order valence-electron chi connectivity index (χ1n) is 16.3. The summed E-state index contributed by atoms with van der Waals surface area (Å²) in [4.78, 5) is 0. The number of fused-ring (bicyclic) bond motifs is 6. The molecule has 8 aromatic carbocycles. The lowest BCUT2D eigenvalue weighted by atomic mass is 9.75. The van der Waals surface area contributed by atoms with E-state index >= 15 is 0 Å². The van der Waals surface area contributed by atoms with Crippen molar-refractivity contribution in [3.63, 3.8) is 0 Å². The molecule has 1 heteroatoms. The maximum absolute atomic E-state index is 6.78. The second-order valence-electron chi connectivity index (χ2n) is 12.5. The maximum atomic E-state index is 6.78. The monoisotopic (exact) mass is 618 g/mol. The molecule has 1 atom stereocenters. The number of hydrogen-bond acceptors (Lipinski definition) is 0. The number of halogens is 1. The Morgan fingerprint density at radius 1 is 0.383 bits per heavy atom. The van der Waals surface area contributed by atoms with Crippen LogP contribution < -0.4 is 0 Å². The van der Waals surface area contributed by atoms with Gasteiger partial charge in [0.1, 0.15) is 0 Å². The highest BCUT2D eigenvalue weighted by Crippen LogP contribution is 2.54. The summed E-state index contributed by atoms with van der Waals surface area (Å²) in [6.07, 6.45) is 0. The average Bonchev–Trinajstić information content (AvgIpc) is 3.45. The Balaban J connectivity index is 1.28. The van der Waals surface area contributed by atoms with E-state index < -0.39 is 0 Å². The average molecular weight is 619 g/mol. The minimum absolute atomic E-state index is 0.170. The number of rotatable bonds is 5. The van der Waals surface area contributed by atoms with Crippen molar-refractivity contribution in [2.45, 2.75) is 11.8 Å². The van der Waals surface area contributed by atoms with E-state index in [1.54, 1.807) is 0 Å². The van der Waals surface area contributed by atoms with Crippen LogP contribution in [0.3, 0.4) is 0 Å². The maximum Gasteiger partial charge on any atom is 0.0412 e. The van der Waals surface area contributed by atoms with E-state index in [4.69, 9.17) is 11.6 Å². The van der Waals surface area contributed by atoms with Gasteiger partial charge in [0.2, 0.25) is 0 Å². The molecular formula is C46H31Cl. The molecule has 0 aliphatic heterocycles. The zero-order valence-electron chi connectivity index (χ0n) is 25.8. The van der Waals surface area contributed by atoms with E-state index in [0.29, 0.717) is 0 Å². The molecule has 1 aliphatic carbocycles. The van der Waals surface area contributed by atoms with E-state index in [1.807, 2.05) is 6.07 Å². The predicted molar refractivity (Wildman–Crippen MR) is 199 cm³/mol. The first-order valence-corrected chi connectivity index (χ1v) is 16.7. The van der Waals surface area contributed by atoms with Crippen molar-refractivity contribution < 1.29 is 0 Å². The van der Waals surface area contributed by atoms with Crippen LogP contribution in [0.2, 0.25) is 5.02 Å². The third-order valence-corrected chi connectivity index (χ3v) is 10.2. The highest BCUT2D eigenvalue weighted by atomic mass is 35.5. The van der Waals surface area contributed by atoms with Crippen LogP contribution in [0.1, 0.15) is 34.1 Å². The molecular weight excluding hydrogens is 588 g/mol. The highest BCUT2D eigenvalue weighted by molar-refractivity contribution is 6.31. The Bertz CT molecular complexity index is 2380. The van der Waals surface area contributed by atoms with E-state index in [9.17, 15) is 0 Å². The van der Waals surface area contributed by atoms with Crippen molar-refractivity contribution in [2.75, 3.05) is 0 Å². The van der Waals surface area contributed by atoms with Crippen LogP contribution in [-0.4, -0.2) is 0 Å². The SMILES string of the molecule is Clc1ccc(-c2ccc3c(c2)C(C(c2ccccc2)c2ccccc2)c2ccccc2-3)c(-c2cc3ccccc3c3ccccc23)c1. The van der Waals surface area contributed by atoms with Crippen LogP contribution in [0.25, 0.3) is 54.9 Å². The third kappa shape index (κ3) is 4.68. The van der Waals surface area contributed by atoms with Gasteiger partial charge in [-0.15, -0.1) is 0 Å². The Morgan fingerprint density at radius 3 is 1.74 bits per heavy atom. The van der Waals surface area contributed by atoms with Crippen molar-refractivity contribution in [1.82, 2.24) is 0 Å². The molecule has 1 aliphatic rings. The first kappa shape index (κ1) is 27.8. The fraction of sp³-hybridized carbons (Fsp3) is 0.0435. The molecule has 0 bridgehead atoms. The van der Waals surface area contributed by atoms with Gasteiger partial charge in [0.05, 0.1) is 0 Å². The minimum Gasteiger partial charge on any atom is -0.0843 e. The third-order valence-electron chi connectivity index (χ3n) is 9.97. The first-order chi connectivity index (χ1) is 23.2. The molecule has 0 nitrogen and oxygen atoms in total. The molecule has 0 radical (unpaired) electrons. The topological polar surface area (TPSA) is 0 Å². The summed E-state index contributed by atoms with van der Waals surface area (Å²) < 4.78 is 0. The van der Waals surface area contributed by atoms with E-state index in [1.165, 1.54) is 71.6 Å². The summed E-state index contributed by atoms with van der Waals surface area (Å²) in [5.74, 6) is 0.340. The Kier molecular flexibility index (Phi) is 6.77.